The monoisotopic (exact) mass is 602 g/mol. The summed E-state index contributed by atoms with van der Waals surface area (Å²) in [5.41, 5.74) is -0.473. The van der Waals surface area contributed by atoms with Gasteiger partial charge in [0.25, 0.3) is 0 Å². The zero-order chi connectivity index (χ0) is 29.7. The molecule has 0 fully saturated rings. The highest BCUT2D eigenvalue weighted by atomic mass is 32.2. The maximum absolute atomic E-state index is 13.7. The Bertz CT molecular complexity index is 1000. The second-order valence-electron chi connectivity index (χ2n) is 6.75. The van der Waals surface area contributed by atoms with Gasteiger partial charge in [0, 0.05) is 5.56 Å². The van der Waals surface area contributed by atoms with Crippen molar-refractivity contribution in [1.82, 2.24) is 0 Å². The molecule has 0 amide bonds. The van der Waals surface area contributed by atoms with Crippen molar-refractivity contribution in [1.29, 1.82) is 0 Å². The maximum Gasteiger partial charge on any atom is 0.460 e. The lowest BCUT2D eigenvalue weighted by molar-refractivity contribution is -0.458. The molecule has 214 valence electrons. The average Bonchev–Trinajstić information content (AvgIpc) is 2.75. The van der Waals surface area contributed by atoms with Gasteiger partial charge >= 0.3 is 47.0 Å². The molecule has 1 rings (SSSR count). The molecule has 0 spiro atoms. The second kappa shape index (κ2) is 9.53. The number of hydrogen-bond donors (Lipinski definition) is 0. The van der Waals surface area contributed by atoms with Crippen LogP contribution in [-0.2, 0) is 15.3 Å². The van der Waals surface area contributed by atoms with E-state index < -0.39 is 76.0 Å². The molecular weight excluding hydrogens is 595 g/mol. The molecule has 1 unspecified atom stereocenters. The first kappa shape index (κ1) is 32.8. The van der Waals surface area contributed by atoms with Gasteiger partial charge in [0.1, 0.15) is 6.61 Å². The van der Waals surface area contributed by atoms with Crippen molar-refractivity contribution in [3.63, 3.8) is 0 Å². The Balaban J connectivity index is 3.42. The van der Waals surface area contributed by atoms with Crippen LogP contribution in [0.4, 0.5) is 74.6 Å². The zero-order valence-electron chi connectivity index (χ0n) is 16.7. The Morgan fingerprint density at radius 2 is 0.946 bits per heavy atom. The Labute approximate surface area is 195 Å². The van der Waals surface area contributed by atoms with E-state index in [1.54, 1.807) is 0 Å². The minimum Gasteiger partial charge on any atom is -0.292 e. The van der Waals surface area contributed by atoms with Crippen LogP contribution < -0.4 is 0 Å². The molecule has 0 saturated heterocycles. The molecule has 1 aromatic rings. The summed E-state index contributed by atoms with van der Waals surface area (Å²) in [6, 6.07) is 5.34. The first-order chi connectivity index (χ1) is 16.2. The number of rotatable bonds is 11. The lowest BCUT2D eigenvalue weighted by atomic mass is 9.91. The van der Waals surface area contributed by atoms with E-state index in [4.69, 9.17) is 0 Å². The molecule has 1 atom stereocenters. The molecule has 0 heterocycles. The number of alkyl halides is 17. The Hall–Kier alpha value is -2.19. The van der Waals surface area contributed by atoms with Crippen molar-refractivity contribution in [2.24, 2.45) is 0 Å². The summed E-state index contributed by atoms with van der Waals surface area (Å²) in [6.07, 6.45) is -7.86. The van der Waals surface area contributed by atoms with Gasteiger partial charge in [-0.25, -0.2) is 4.21 Å². The fourth-order valence-corrected chi connectivity index (χ4v) is 2.84. The van der Waals surface area contributed by atoms with Crippen LogP contribution in [0.5, 0.6) is 0 Å². The standard InChI is InChI=1S/C16H7F17O3S/c17-9(18,11(21,22)13(25,26)15(29,30)31)10(19,20)12(23,24)14(27,28)16(32,33)37(35)36-6-8(34)7-4-2-1-3-5-7/h1-5H,6H2. The predicted octanol–water partition coefficient (Wildman–Crippen LogP) is 6.52. The summed E-state index contributed by atoms with van der Waals surface area (Å²) < 4.78 is 238. The molecule has 0 radical (unpaired) electrons. The minimum absolute atomic E-state index is 0.473. The topological polar surface area (TPSA) is 43.4 Å². The number of benzene rings is 1. The van der Waals surface area contributed by atoms with Gasteiger partial charge in [0.05, 0.1) is 0 Å². The number of carbonyl (C=O) groups is 1. The molecule has 0 aliphatic carbocycles. The van der Waals surface area contributed by atoms with Crippen molar-refractivity contribution in [2.75, 3.05) is 6.61 Å². The Morgan fingerprint density at radius 1 is 0.595 bits per heavy atom. The third-order valence-electron chi connectivity index (χ3n) is 4.30. The summed E-state index contributed by atoms with van der Waals surface area (Å²) in [6.45, 7) is -1.93. The normalized spacial score (nSPS) is 16.0. The second-order valence-corrected chi connectivity index (χ2v) is 7.96. The van der Waals surface area contributed by atoms with Gasteiger partial charge in [-0.2, -0.15) is 74.6 Å². The van der Waals surface area contributed by atoms with Crippen LogP contribution >= 0.6 is 0 Å². The molecule has 21 heteroatoms. The average molecular weight is 602 g/mol. The highest BCUT2D eigenvalue weighted by molar-refractivity contribution is 7.81. The molecule has 0 bridgehead atoms. The van der Waals surface area contributed by atoms with Gasteiger partial charge in [-0.3, -0.25) is 8.98 Å². The van der Waals surface area contributed by atoms with E-state index in [1.807, 2.05) is 0 Å². The van der Waals surface area contributed by atoms with E-state index in [2.05, 4.69) is 4.18 Å². The number of Topliss-reactive ketones (excluding diaryl/α,β-unsaturated/α-hetero) is 1. The Kier molecular flexibility index (Phi) is 8.46. The van der Waals surface area contributed by atoms with Crippen molar-refractivity contribution in [3.05, 3.63) is 35.9 Å². The summed E-state index contributed by atoms with van der Waals surface area (Å²) in [7, 11) is 0. The van der Waals surface area contributed by atoms with E-state index in [-0.39, 0.29) is 0 Å². The van der Waals surface area contributed by atoms with Crippen molar-refractivity contribution < 1.29 is 87.8 Å². The molecule has 0 aliphatic heterocycles. The van der Waals surface area contributed by atoms with E-state index in [0.717, 1.165) is 24.3 Å². The number of carbonyl (C=O) groups excluding carboxylic acids is 1. The van der Waals surface area contributed by atoms with Crippen LogP contribution in [0.3, 0.4) is 0 Å². The summed E-state index contributed by atoms with van der Waals surface area (Å²) in [5, 5.41) is -7.27. The highest BCUT2D eigenvalue weighted by Crippen LogP contribution is 2.64. The van der Waals surface area contributed by atoms with E-state index in [1.165, 1.54) is 6.07 Å². The molecule has 3 nitrogen and oxygen atoms in total. The lowest BCUT2D eigenvalue weighted by Gasteiger charge is -2.42. The SMILES string of the molecule is O=C(COS(=O)C(F)(F)C(F)(F)C(F)(F)C(F)(F)C(F)(F)C(F)(F)C(F)(F)C(F)(F)F)c1ccccc1. The van der Waals surface area contributed by atoms with E-state index in [9.17, 15) is 83.6 Å². The fraction of sp³-hybridized carbons (Fsp3) is 0.562. The lowest BCUT2D eigenvalue weighted by Crippen LogP contribution is -2.74. The van der Waals surface area contributed by atoms with Crippen LogP contribution in [0, 0.1) is 0 Å². The molecule has 1 aromatic carbocycles. The van der Waals surface area contributed by atoms with Crippen LogP contribution in [0.2, 0.25) is 0 Å². The van der Waals surface area contributed by atoms with Gasteiger partial charge in [0.2, 0.25) is 11.1 Å². The first-order valence-electron chi connectivity index (χ1n) is 8.51. The number of hydrogen-bond acceptors (Lipinski definition) is 3. The van der Waals surface area contributed by atoms with Crippen LogP contribution in [-0.4, -0.2) is 63.6 Å². The summed E-state index contributed by atoms with van der Waals surface area (Å²) >= 11 is -5.33. The zero-order valence-corrected chi connectivity index (χ0v) is 17.5. The van der Waals surface area contributed by atoms with Gasteiger partial charge < -0.3 is 0 Å². The van der Waals surface area contributed by atoms with Gasteiger partial charge in [0.15, 0.2) is 5.78 Å². The Morgan fingerprint density at radius 3 is 1.32 bits per heavy atom. The van der Waals surface area contributed by atoms with E-state index >= 15 is 0 Å². The first-order valence-corrected chi connectivity index (χ1v) is 9.58. The molecule has 37 heavy (non-hydrogen) atoms. The fourth-order valence-electron chi connectivity index (χ4n) is 2.14. The summed E-state index contributed by atoms with van der Waals surface area (Å²) in [4.78, 5) is 11.6. The predicted molar refractivity (Wildman–Crippen MR) is 85.6 cm³/mol. The number of ketones is 1. The van der Waals surface area contributed by atoms with Crippen LogP contribution in [0.1, 0.15) is 10.4 Å². The maximum atomic E-state index is 13.7. The number of halogens is 17. The van der Waals surface area contributed by atoms with E-state index in [0.29, 0.717) is 0 Å². The molecule has 0 aromatic heterocycles. The molecule has 0 saturated carbocycles. The van der Waals surface area contributed by atoms with Crippen molar-refractivity contribution >= 4 is 16.9 Å². The van der Waals surface area contributed by atoms with Gasteiger partial charge in [-0.05, 0) is 0 Å². The smallest absolute Gasteiger partial charge is 0.292 e. The molecule has 0 N–H and O–H groups in total. The third kappa shape index (κ3) is 4.87. The highest BCUT2D eigenvalue weighted by Gasteiger charge is 2.95. The summed E-state index contributed by atoms with van der Waals surface area (Å²) in [5.74, 6) is -52.8. The largest absolute Gasteiger partial charge is 0.460 e. The van der Waals surface area contributed by atoms with Crippen molar-refractivity contribution in [2.45, 2.75) is 47.0 Å². The van der Waals surface area contributed by atoms with Crippen LogP contribution in [0.15, 0.2) is 30.3 Å². The third-order valence-corrected chi connectivity index (χ3v) is 5.30. The molecular formula is C16H7F17O3S. The van der Waals surface area contributed by atoms with Gasteiger partial charge in [-0.1, -0.05) is 30.3 Å². The quantitative estimate of drug-likeness (QED) is 0.214. The van der Waals surface area contributed by atoms with Crippen LogP contribution in [0.25, 0.3) is 0 Å². The molecule has 0 aliphatic rings. The van der Waals surface area contributed by atoms with Gasteiger partial charge in [-0.15, -0.1) is 0 Å². The van der Waals surface area contributed by atoms with Crippen molar-refractivity contribution in [3.8, 4) is 0 Å². The minimum atomic E-state index is -8.80.